The smallest absolute Gasteiger partial charge is 0.176 e. The zero-order valence-corrected chi connectivity index (χ0v) is 12.6. The molecular formula is C14H19Cl2NO. The molecule has 0 saturated heterocycles. The lowest BCUT2D eigenvalue weighted by Crippen LogP contribution is -2.27. The van der Waals surface area contributed by atoms with Crippen LogP contribution in [0.5, 0.6) is 0 Å². The summed E-state index contributed by atoms with van der Waals surface area (Å²) in [5, 5.41) is 0.897. The van der Waals surface area contributed by atoms with Crippen LogP contribution in [-0.4, -0.2) is 30.8 Å². The standard InChI is InChI=1S/C14H19Cl2NO/c1-10(2)6-7-17(3)9-14(18)11-4-5-12(15)13(16)8-11/h4-5,8,10H,6-7,9H2,1-3H3. The van der Waals surface area contributed by atoms with E-state index in [1.807, 2.05) is 11.9 Å². The lowest BCUT2D eigenvalue weighted by atomic mass is 10.1. The minimum Gasteiger partial charge on any atom is -0.299 e. The molecule has 100 valence electrons. The van der Waals surface area contributed by atoms with Crippen LogP contribution in [0, 0.1) is 5.92 Å². The van der Waals surface area contributed by atoms with E-state index in [-0.39, 0.29) is 5.78 Å². The quantitative estimate of drug-likeness (QED) is 0.733. The predicted molar refractivity (Wildman–Crippen MR) is 77.7 cm³/mol. The Kier molecular flexibility index (Phi) is 6.13. The highest BCUT2D eigenvalue weighted by Gasteiger charge is 2.11. The minimum atomic E-state index is 0.0693. The van der Waals surface area contributed by atoms with E-state index in [9.17, 15) is 4.79 Å². The fourth-order valence-corrected chi connectivity index (χ4v) is 1.86. The molecule has 0 aliphatic heterocycles. The number of halogens is 2. The van der Waals surface area contributed by atoms with Gasteiger partial charge >= 0.3 is 0 Å². The van der Waals surface area contributed by atoms with Crippen molar-refractivity contribution < 1.29 is 4.79 Å². The molecule has 1 aromatic rings. The molecule has 2 nitrogen and oxygen atoms in total. The molecule has 18 heavy (non-hydrogen) atoms. The summed E-state index contributed by atoms with van der Waals surface area (Å²) in [5.41, 5.74) is 0.612. The molecule has 1 aromatic carbocycles. The number of Topliss-reactive ketones (excluding diaryl/α,β-unsaturated/α-hetero) is 1. The Morgan fingerprint density at radius 1 is 1.28 bits per heavy atom. The second-order valence-corrected chi connectivity index (χ2v) is 5.79. The SMILES string of the molecule is CC(C)CCN(C)CC(=O)c1ccc(Cl)c(Cl)c1. The van der Waals surface area contributed by atoms with Gasteiger partial charge in [-0.1, -0.05) is 37.0 Å². The summed E-state index contributed by atoms with van der Waals surface area (Å²) >= 11 is 11.7. The summed E-state index contributed by atoms with van der Waals surface area (Å²) in [7, 11) is 1.96. The average Bonchev–Trinajstić information content (AvgIpc) is 2.30. The number of carbonyl (C=O) groups is 1. The van der Waals surface area contributed by atoms with Gasteiger partial charge in [0.25, 0.3) is 0 Å². The Labute approximate surface area is 119 Å². The average molecular weight is 288 g/mol. The normalized spacial score (nSPS) is 11.3. The fraction of sp³-hybridized carbons (Fsp3) is 0.500. The maximum atomic E-state index is 12.0. The van der Waals surface area contributed by atoms with Gasteiger partial charge in [-0.15, -0.1) is 0 Å². The molecule has 0 unspecified atom stereocenters. The number of carbonyl (C=O) groups excluding carboxylic acids is 1. The third-order valence-corrected chi connectivity index (χ3v) is 3.48. The molecule has 1 rings (SSSR count). The monoisotopic (exact) mass is 287 g/mol. The van der Waals surface area contributed by atoms with Gasteiger partial charge in [0.15, 0.2) is 5.78 Å². The summed E-state index contributed by atoms with van der Waals surface area (Å²) in [6, 6.07) is 5.00. The zero-order chi connectivity index (χ0) is 13.7. The highest BCUT2D eigenvalue weighted by atomic mass is 35.5. The lowest BCUT2D eigenvalue weighted by molar-refractivity contribution is 0.0944. The van der Waals surface area contributed by atoms with Crippen LogP contribution in [0.2, 0.25) is 10.0 Å². The van der Waals surface area contributed by atoms with E-state index in [1.54, 1.807) is 18.2 Å². The van der Waals surface area contributed by atoms with Crippen LogP contribution in [0.1, 0.15) is 30.6 Å². The summed E-state index contributed by atoms with van der Waals surface area (Å²) < 4.78 is 0. The van der Waals surface area contributed by atoms with Gasteiger partial charge in [0.05, 0.1) is 16.6 Å². The molecular weight excluding hydrogens is 269 g/mol. The number of rotatable bonds is 6. The molecule has 4 heteroatoms. The Balaban J connectivity index is 2.56. The maximum absolute atomic E-state index is 12.0. The molecule has 0 fully saturated rings. The first kappa shape index (κ1) is 15.5. The van der Waals surface area contributed by atoms with Crippen molar-refractivity contribution in [3.8, 4) is 0 Å². The molecule has 0 spiro atoms. The minimum absolute atomic E-state index is 0.0693. The Hall–Kier alpha value is -0.570. The van der Waals surface area contributed by atoms with Crippen molar-refractivity contribution >= 4 is 29.0 Å². The second kappa shape index (κ2) is 7.13. The Morgan fingerprint density at radius 2 is 1.94 bits per heavy atom. The molecule has 0 aliphatic rings. The molecule has 0 radical (unpaired) electrons. The first-order valence-corrected chi connectivity index (χ1v) is 6.82. The topological polar surface area (TPSA) is 20.3 Å². The van der Waals surface area contributed by atoms with Gasteiger partial charge in [0, 0.05) is 5.56 Å². The first-order chi connectivity index (χ1) is 8.40. The second-order valence-electron chi connectivity index (χ2n) is 4.97. The van der Waals surface area contributed by atoms with Crippen molar-refractivity contribution in [1.29, 1.82) is 0 Å². The molecule has 0 heterocycles. The van der Waals surface area contributed by atoms with Crippen LogP contribution in [0.4, 0.5) is 0 Å². The highest BCUT2D eigenvalue weighted by Crippen LogP contribution is 2.22. The van der Waals surface area contributed by atoms with Gasteiger partial charge in [-0.3, -0.25) is 9.69 Å². The fourth-order valence-electron chi connectivity index (χ4n) is 1.56. The van der Waals surface area contributed by atoms with Crippen LogP contribution in [0.3, 0.4) is 0 Å². The first-order valence-electron chi connectivity index (χ1n) is 6.07. The molecule has 0 aliphatic carbocycles. The number of likely N-dealkylation sites (N-methyl/N-ethyl adjacent to an activating group) is 1. The van der Waals surface area contributed by atoms with Gasteiger partial charge in [-0.25, -0.2) is 0 Å². The van der Waals surface area contributed by atoms with Crippen molar-refractivity contribution in [1.82, 2.24) is 4.90 Å². The van der Waals surface area contributed by atoms with Crippen LogP contribution in [0.25, 0.3) is 0 Å². The number of hydrogen-bond donors (Lipinski definition) is 0. The van der Waals surface area contributed by atoms with E-state index in [4.69, 9.17) is 23.2 Å². The summed E-state index contributed by atoms with van der Waals surface area (Å²) in [5.74, 6) is 0.715. The molecule has 0 aromatic heterocycles. The highest BCUT2D eigenvalue weighted by molar-refractivity contribution is 6.42. The maximum Gasteiger partial charge on any atom is 0.176 e. The van der Waals surface area contributed by atoms with Crippen LogP contribution >= 0.6 is 23.2 Å². The van der Waals surface area contributed by atoms with Crippen LogP contribution < -0.4 is 0 Å². The van der Waals surface area contributed by atoms with E-state index in [2.05, 4.69) is 13.8 Å². The van der Waals surface area contributed by atoms with Crippen molar-refractivity contribution in [3.05, 3.63) is 33.8 Å². The summed E-state index contributed by atoms with van der Waals surface area (Å²) in [6.45, 7) is 5.68. The predicted octanol–water partition coefficient (Wildman–Crippen LogP) is 4.15. The van der Waals surface area contributed by atoms with Crippen molar-refractivity contribution in [2.75, 3.05) is 20.1 Å². The number of hydrogen-bond acceptors (Lipinski definition) is 2. The van der Waals surface area contributed by atoms with Gasteiger partial charge in [0.2, 0.25) is 0 Å². The Bertz CT molecular complexity index is 418. The largest absolute Gasteiger partial charge is 0.299 e. The molecule has 0 N–H and O–H groups in total. The van der Waals surface area contributed by atoms with Crippen molar-refractivity contribution in [3.63, 3.8) is 0 Å². The number of ketones is 1. The zero-order valence-electron chi connectivity index (χ0n) is 11.0. The third-order valence-electron chi connectivity index (χ3n) is 2.74. The number of benzene rings is 1. The number of nitrogens with zero attached hydrogens (tertiary/aromatic N) is 1. The van der Waals surface area contributed by atoms with Crippen LogP contribution in [-0.2, 0) is 0 Å². The van der Waals surface area contributed by atoms with E-state index in [1.165, 1.54) is 0 Å². The van der Waals surface area contributed by atoms with Crippen molar-refractivity contribution in [2.24, 2.45) is 5.92 Å². The van der Waals surface area contributed by atoms with Gasteiger partial charge < -0.3 is 0 Å². The Morgan fingerprint density at radius 3 is 2.50 bits per heavy atom. The van der Waals surface area contributed by atoms with E-state index < -0.39 is 0 Å². The van der Waals surface area contributed by atoms with E-state index >= 15 is 0 Å². The summed E-state index contributed by atoms with van der Waals surface area (Å²) in [6.07, 6.45) is 1.09. The third kappa shape index (κ3) is 4.97. The van der Waals surface area contributed by atoms with E-state index in [0.717, 1.165) is 13.0 Å². The molecule has 0 saturated carbocycles. The molecule has 0 amide bonds. The lowest BCUT2D eigenvalue weighted by Gasteiger charge is -2.17. The summed E-state index contributed by atoms with van der Waals surface area (Å²) in [4.78, 5) is 14.1. The van der Waals surface area contributed by atoms with Gasteiger partial charge in [0.1, 0.15) is 0 Å². The van der Waals surface area contributed by atoms with Crippen LogP contribution in [0.15, 0.2) is 18.2 Å². The van der Waals surface area contributed by atoms with E-state index in [0.29, 0.717) is 28.1 Å². The van der Waals surface area contributed by atoms with Gasteiger partial charge in [-0.2, -0.15) is 0 Å². The molecule has 0 atom stereocenters. The van der Waals surface area contributed by atoms with Crippen molar-refractivity contribution in [2.45, 2.75) is 20.3 Å². The molecule has 0 bridgehead atoms. The van der Waals surface area contributed by atoms with Gasteiger partial charge in [-0.05, 0) is 44.1 Å².